The number of aromatic nitrogens is 1. The van der Waals surface area contributed by atoms with Crippen LogP contribution in [0.1, 0.15) is 18.5 Å². The monoisotopic (exact) mass is 232 g/mol. The van der Waals surface area contributed by atoms with E-state index < -0.39 is 0 Å². The second kappa shape index (κ2) is 4.59. The Kier molecular flexibility index (Phi) is 3.15. The molecule has 90 valence electrons. The van der Waals surface area contributed by atoms with Crippen molar-refractivity contribution in [3.63, 3.8) is 0 Å². The quantitative estimate of drug-likeness (QED) is 0.795. The number of nitrogens with one attached hydrogen (secondary N) is 1. The number of ether oxygens (including phenoxy) is 1. The van der Waals surface area contributed by atoms with Crippen molar-refractivity contribution in [1.29, 1.82) is 0 Å². The van der Waals surface area contributed by atoms with Crippen LogP contribution in [0, 0.1) is 5.92 Å². The highest BCUT2D eigenvalue weighted by Gasteiger charge is 2.24. The van der Waals surface area contributed by atoms with Gasteiger partial charge in [0.05, 0.1) is 13.0 Å². The summed E-state index contributed by atoms with van der Waals surface area (Å²) >= 11 is 0. The van der Waals surface area contributed by atoms with Crippen molar-refractivity contribution in [2.24, 2.45) is 11.7 Å². The van der Waals surface area contributed by atoms with Crippen molar-refractivity contribution in [1.82, 2.24) is 4.98 Å². The molecule has 1 aromatic heterocycles. The zero-order valence-corrected chi connectivity index (χ0v) is 9.94. The van der Waals surface area contributed by atoms with Gasteiger partial charge in [-0.25, -0.2) is 0 Å². The molecule has 1 heterocycles. The third-order valence-corrected chi connectivity index (χ3v) is 3.09. The molecule has 1 aromatic carbocycles. The normalized spacial score (nSPS) is 14.5. The van der Waals surface area contributed by atoms with E-state index in [0.717, 1.165) is 16.5 Å². The fourth-order valence-corrected chi connectivity index (χ4v) is 1.97. The lowest BCUT2D eigenvalue weighted by Crippen LogP contribution is -2.26. The average molecular weight is 232 g/mol. The standard InChI is InChI=1S/C13H16N2O2/c1-8(13(16)17-2)12(14)10-7-15-11-6-4-3-5-9(10)11/h3-8,12,15H,14H2,1-2H3/t8?,12-/m0/s1. The number of hydrogen-bond donors (Lipinski definition) is 2. The molecule has 0 aliphatic rings. The molecule has 0 saturated carbocycles. The van der Waals surface area contributed by atoms with E-state index in [1.54, 1.807) is 6.92 Å². The van der Waals surface area contributed by atoms with Gasteiger partial charge in [0.2, 0.25) is 0 Å². The fraction of sp³-hybridized carbons (Fsp3) is 0.308. The van der Waals surface area contributed by atoms with Crippen molar-refractivity contribution in [3.8, 4) is 0 Å². The van der Waals surface area contributed by atoms with Crippen LogP contribution in [-0.2, 0) is 9.53 Å². The Hall–Kier alpha value is -1.81. The number of fused-ring (bicyclic) bond motifs is 1. The number of carbonyl (C=O) groups is 1. The van der Waals surface area contributed by atoms with Crippen molar-refractivity contribution in [2.45, 2.75) is 13.0 Å². The highest BCUT2D eigenvalue weighted by Crippen LogP contribution is 2.27. The average Bonchev–Trinajstić information content (AvgIpc) is 2.79. The molecule has 0 amide bonds. The second-order valence-corrected chi connectivity index (χ2v) is 4.13. The number of rotatable bonds is 3. The number of H-pyrrole nitrogens is 1. The Labute approximate surface area is 99.8 Å². The van der Waals surface area contributed by atoms with Gasteiger partial charge in [0.25, 0.3) is 0 Å². The van der Waals surface area contributed by atoms with Gasteiger partial charge in [-0.15, -0.1) is 0 Å². The Bertz CT molecular complexity index is 533. The smallest absolute Gasteiger partial charge is 0.310 e. The SMILES string of the molecule is COC(=O)C(C)[C@H](N)c1c[nH]c2ccccc12. The first-order valence-electron chi connectivity index (χ1n) is 5.54. The van der Waals surface area contributed by atoms with Crippen LogP contribution in [0.5, 0.6) is 0 Å². The summed E-state index contributed by atoms with van der Waals surface area (Å²) in [5, 5.41) is 1.05. The number of nitrogens with two attached hydrogens (primary N) is 1. The molecule has 0 radical (unpaired) electrons. The molecular formula is C13H16N2O2. The number of aromatic amines is 1. The number of benzene rings is 1. The minimum Gasteiger partial charge on any atom is -0.469 e. The van der Waals surface area contributed by atoms with Gasteiger partial charge in [0.1, 0.15) is 0 Å². The van der Waals surface area contributed by atoms with E-state index in [4.69, 9.17) is 10.5 Å². The molecule has 3 N–H and O–H groups in total. The van der Waals surface area contributed by atoms with Crippen molar-refractivity contribution >= 4 is 16.9 Å². The molecule has 2 aromatic rings. The third kappa shape index (κ3) is 2.03. The summed E-state index contributed by atoms with van der Waals surface area (Å²) < 4.78 is 4.71. The maximum Gasteiger partial charge on any atom is 0.310 e. The minimum absolute atomic E-state index is 0.289. The lowest BCUT2D eigenvalue weighted by Gasteiger charge is -2.17. The summed E-state index contributed by atoms with van der Waals surface area (Å²) in [7, 11) is 1.38. The molecule has 2 atom stereocenters. The molecule has 2 rings (SSSR count). The van der Waals surface area contributed by atoms with Gasteiger partial charge < -0.3 is 15.5 Å². The van der Waals surface area contributed by atoms with E-state index >= 15 is 0 Å². The van der Waals surface area contributed by atoms with Gasteiger partial charge >= 0.3 is 5.97 Å². The molecule has 0 aliphatic heterocycles. The van der Waals surface area contributed by atoms with Crippen molar-refractivity contribution in [3.05, 3.63) is 36.0 Å². The van der Waals surface area contributed by atoms with E-state index in [2.05, 4.69) is 4.98 Å². The van der Waals surface area contributed by atoms with Crippen LogP contribution in [0.15, 0.2) is 30.5 Å². The number of para-hydroxylation sites is 1. The number of hydrogen-bond acceptors (Lipinski definition) is 3. The van der Waals surface area contributed by atoms with Gasteiger partial charge in [-0.3, -0.25) is 4.79 Å². The molecule has 0 bridgehead atoms. The van der Waals surface area contributed by atoms with Crippen LogP contribution in [0.25, 0.3) is 10.9 Å². The zero-order valence-electron chi connectivity index (χ0n) is 9.94. The van der Waals surface area contributed by atoms with Crippen molar-refractivity contribution in [2.75, 3.05) is 7.11 Å². The largest absolute Gasteiger partial charge is 0.469 e. The van der Waals surface area contributed by atoms with Gasteiger partial charge in [-0.1, -0.05) is 25.1 Å². The summed E-state index contributed by atoms with van der Waals surface area (Å²) in [6.45, 7) is 1.78. The summed E-state index contributed by atoms with van der Waals surface area (Å²) in [5.41, 5.74) is 8.07. The number of esters is 1. The summed E-state index contributed by atoms with van der Waals surface area (Å²) in [6, 6.07) is 7.52. The van der Waals surface area contributed by atoms with Crippen LogP contribution in [0.3, 0.4) is 0 Å². The van der Waals surface area contributed by atoms with E-state index in [1.165, 1.54) is 7.11 Å². The van der Waals surface area contributed by atoms with Crippen LogP contribution < -0.4 is 5.73 Å². The predicted octanol–water partition coefficient (Wildman–Crippen LogP) is 1.98. The molecule has 0 spiro atoms. The Morgan fingerprint density at radius 1 is 1.41 bits per heavy atom. The van der Waals surface area contributed by atoms with Crippen molar-refractivity contribution < 1.29 is 9.53 Å². The first-order valence-corrected chi connectivity index (χ1v) is 5.54. The molecule has 1 unspecified atom stereocenters. The lowest BCUT2D eigenvalue weighted by molar-refractivity contribution is -0.145. The number of carbonyl (C=O) groups excluding carboxylic acids is 1. The Morgan fingerprint density at radius 3 is 2.82 bits per heavy atom. The van der Waals surface area contributed by atoms with Gasteiger partial charge in [0.15, 0.2) is 0 Å². The first kappa shape index (κ1) is 11.7. The van der Waals surface area contributed by atoms with Crippen LogP contribution in [0.4, 0.5) is 0 Å². The fourth-order valence-electron chi connectivity index (χ4n) is 1.97. The van der Waals surface area contributed by atoms with E-state index in [9.17, 15) is 4.79 Å². The zero-order chi connectivity index (χ0) is 12.4. The molecule has 0 saturated heterocycles. The first-order chi connectivity index (χ1) is 8.15. The minimum atomic E-state index is -0.362. The maximum atomic E-state index is 11.5. The highest BCUT2D eigenvalue weighted by atomic mass is 16.5. The molecular weight excluding hydrogens is 216 g/mol. The predicted molar refractivity (Wildman–Crippen MR) is 66.4 cm³/mol. The Balaban J connectivity index is 2.36. The van der Waals surface area contributed by atoms with Crippen LogP contribution >= 0.6 is 0 Å². The van der Waals surface area contributed by atoms with Gasteiger partial charge in [-0.05, 0) is 11.6 Å². The molecule has 0 fully saturated rings. The van der Waals surface area contributed by atoms with Crippen LogP contribution in [-0.4, -0.2) is 18.1 Å². The van der Waals surface area contributed by atoms with E-state index in [-0.39, 0.29) is 17.9 Å². The molecule has 4 nitrogen and oxygen atoms in total. The highest BCUT2D eigenvalue weighted by molar-refractivity contribution is 5.84. The van der Waals surface area contributed by atoms with E-state index in [0.29, 0.717) is 0 Å². The maximum absolute atomic E-state index is 11.5. The van der Waals surface area contributed by atoms with E-state index in [1.807, 2.05) is 30.5 Å². The second-order valence-electron chi connectivity index (χ2n) is 4.13. The number of methoxy groups -OCH3 is 1. The molecule has 4 heteroatoms. The summed E-state index contributed by atoms with van der Waals surface area (Å²) in [6.07, 6.45) is 1.86. The third-order valence-electron chi connectivity index (χ3n) is 3.09. The molecule has 0 aliphatic carbocycles. The van der Waals surface area contributed by atoms with Gasteiger partial charge in [-0.2, -0.15) is 0 Å². The topological polar surface area (TPSA) is 68.1 Å². The summed E-state index contributed by atoms with van der Waals surface area (Å²) in [4.78, 5) is 14.6. The summed E-state index contributed by atoms with van der Waals surface area (Å²) in [5.74, 6) is -0.651. The molecule has 17 heavy (non-hydrogen) atoms. The van der Waals surface area contributed by atoms with Crippen LogP contribution in [0.2, 0.25) is 0 Å². The Morgan fingerprint density at radius 2 is 2.12 bits per heavy atom. The van der Waals surface area contributed by atoms with Gasteiger partial charge in [0, 0.05) is 23.1 Å². The lowest BCUT2D eigenvalue weighted by atomic mass is 9.95.